The molecule has 2 aromatic rings. The molecule has 2 aromatic carbocycles. The van der Waals surface area contributed by atoms with E-state index in [4.69, 9.17) is 16.3 Å². The highest BCUT2D eigenvalue weighted by Gasteiger charge is 2.22. The van der Waals surface area contributed by atoms with Gasteiger partial charge in [0.15, 0.2) is 5.82 Å². The monoisotopic (exact) mass is 403 g/mol. The van der Waals surface area contributed by atoms with Crippen molar-refractivity contribution < 1.29 is 9.13 Å². The van der Waals surface area contributed by atoms with E-state index in [2.05, 4.69) is 41.4 Å². The zero-order chi connectivity index (χ0) is 19.2. The first-order valence-corrected chi connectivity index (χ1v) is 10.2. The van der Waals surface area contributed by atoms with Crippen LogP contribution in [-0.4, -0.2) is 11.8 Å². The zero-order valence-electron chi connectivity index (χ0n) is 15.4. The number of halogens is 2. The number of nitrogens with zero attached hydrogens (tertiary/aromatic N) is 1. The van der Waals surface area contributed by atoms with Crippen LogP contribution in [0.5, 0.6) is 0 Å². The zero-order valence-corrected chi connectivity index (χ0v) is 17.0. The summed E-state index contributed by atoms with van der Waals surface area (Å²) in [5, 5.41) is 2.38. The van der Waals surface area contributed by atoms with Gasteiger partial charge in [0.1, 0.15) is 5.69 Å². The van der Waals surface area contributed by atoms with Crippen LogP contribution in [0.2, 0.25) is 5.02 Å². The second-order valence-electron chi connectivity index (χ2n) is 7.02. The van der Waals surface area contributed by atoms with Crippen LogP contribution in [0.25, 0.3) is 11.1 Å². The molecule has 0 amide bonds. The van der Waals surface area contributed by atoms with Crippen molar-refractivity contribution in [1.82, 2.24) is 0 Å². The molecule has 1 aliphatic heterocycles. The van der Waals surface area contributed by atoms with E-state index in [0.29, 0.717) is 11.5 Å². The van der Waals surface area contributed by atoms with Crippen molar-refractivity contribution in [3.8, 4) is 11.1 Å². The quantitative estimate of drug-likeness (QED) is 0.367. The van der Waals surface area contributed by atoms with E-state index < -0.39 is 5.82 Å². The van der Waals surface area contributed by atoms with Gasteiger partial charge >= 0.3 is 0 Å². The van der Waals surface area contributed by atoms with E-state index >= 15 is 0 Å². The normalized spacial score (nSPS) is 19.5. The van der Waals surface area contributed by atoms with Gasteiger partial charge in [0.2, 0.25) is 0 Å². The fourth-order valence-corrected chi connectivity index (χ4v) is 3.91. The summed E-state index contributed by atoms with van der Waals surface area (Å²) in [5.41, 5.74) is 2.80. The highest BCUT2D eigenvalue weighted by Crippen LogP contribution is 2.36. The Balaban J connectivity index is 1.70. The number of unbranched alkanes of at least 4 members (excludes halogenated alkanes) is 1. The summed E-state index contributed by atoms with van der Waals surface area (Å²) in [6, 6.07) is 11.2. The maximum Gasteiger partial charge on any atom is 0.151 e. The number of hydrogen-bond donors (Lipinski definition) is 0. The van der Waals surface area contributed by atoms with Crippen LogP contribution in [0.3, 0.4) is 0 Å². The maximum absolute atomic E-state index is 14.2. The lowest BCUT2D eigenvalue weighted by molar-refractivity contribution is -0.0197. The SMILES string of the molecule is CCCCC1CCC(c2ccc(-c3cc(F)c(N=C=S)c(Cl)c3)cc2)OC1. The van der Waals surface area contributed by atoms with Crippen molar-refractivity contribution >= 4 is 34.7 Å². The molecule has 0 saturated carbocycles. The van der Waals surface area contributed by atoms with E-state index in [1.54, 1.807) is 6.07 Å². The van der Waals surface area contributed by atoms with Gasteiger partial charge in [0.25, 0.3) is 0 Å². The standard InChI is InChI=1S/C22H23ClFNOS/c1-2-3-4-15-5-10-21(26-13-15)17-8-6-16(7-9-17)18-11-19(23)22(25-14-27)20(24)12-18/h6-9,11-12,15,21H,2-5,10,13H2,1H3. The Morgan fingerprint density at radius 3 is 2.59 bits per heavy atom. The molecule has 0 spiro atoms. The first kappa shape index (κ1) is 20.2. The summed E-state index contributed by atoms with van der Waals surface area (Å²) < 4.78 is 20.3. The molecule has 3 rings (SSSR count). The molecule has 0 radical (unpaired) electrons. The molecule has 0 N–H and O–H groups in total. The fourth-order valence-electron chi connectivity index (χ4n) is 3.56. The van der Waals surface area contributed by atoms with Crippen LogP contribution in [0, 0.1) is 11.7 Å². The highest BCUT2D eigenvalue weighted by atomic mass is 35.5. The summed E-state index contributed by atoms with van der Waals surface area (Å²) >= 11 is 10.7. The number of hydrogen-bond acceptors (Lipinski definition) is 3. The molecule has 2 atom stereocenters. The summed E-state index contributed by atoms with van der Waals surface area (Å²) in [7, 11) is 0. The number of thiocarbonyl (C=S) groups is 1. The number of isothiocyanates is 1. The molecule has 1 fully saturated rings. The summed E-state index contributed by atoms with van der Waals surface area (Å²) in [5.74, 6) is 0.187. The van der Waals surface area contributed by atoms with Gasteiger partial charge in [0.05, 0.1) is 22.9 Å². The lowest BCUT2D eigenvalue weighted by atomic mass is 9.91. The molecule has 1 aliphatic rings. The second kappa shape index (κ2) is 9.57. The third-order valence-electron chi connectivity index (χ3n) is 5.13. The molecule has 2 nitrogen and oxygen atoms in total. The van der Waals surface area contributed by atoms with Gasteiger partial charge in [0, 0.05) is 0 Å². The smallest absolute Gasteiger partial charge is 0.151 e. The molecule has 1 saturated heterocycles. The second-order valence-corrected chi connectivity index (χ2v) is 7.61. The molecule has 27 heavy (non-hydrogen) atoms. The van der Waals surface area contributed by atoms with E-state index in [9.17, 15) is 4.39 Å². The minimum atomic E-state index is -0.507. The first-order chi connectivity index (χ1) is 13.1. The lowest BCUT2D eigenvalue weighted by Gasteiger charge is -2.29. The predicted octanol–water partition coefficient (Wildman–Crippen LogP) is 7.54. The molecule has 5 heteroatoms. The van der Waals surface area contributed by atoms with Crippen LogP contribution in [0.1, 0.15) is 50.7 Å². The van der Waals surface area contributed by atoms with Crippen molar-refractivity contribution in [2.45, 2.75) is 45.1 Å². The van der Waals surface area contributed by atoms with E-state index in [0.717, 1.165) is 18.6 Å². The Morgan fingerprint density at radius 1 is 1.22 bits per heavy atom. The van der Waals surface area contributed by atoms with Crippen LogP contribution >= 0.6 is 23.8 Å². The molecule has 0 bridgehead atoms. The van der Waals surface area contributed by atoms with Gasteiger partial charge in [-0.3, -0.25) is 0 Å². The van der Waals surface area contributed by atoms with Gasteiger partial charge in [-0.15, -0.1) is 0 Å². The Labute approximate surface area is 170 Å². The summed E-state index contributed by atoms with van der Waals surface area (Å²) in [6.45, 7) is 3.07. The summed E-state index contributed by atoms with van der Waals surface area (Å²) in [4.78, 5) is 3.68. The van der Waals surface area contributed by atoms with Gasteiger partial charge in [-0.05, 0) is 66.2 Å². The molecular formula is C22H23ClFNOS. The maximum atomic E-state index is 14.2. The molecular weight excluding hydrogens is 381 g/mol. The largest absolute Gasteiger partial charge is 0.373 e. The average molecular weight is 404 g/mol. The van der Waals surface area contributed by atoms with Crippen molar-refractivity contribution in [2.24, 2.45) is 10.9 Å². The third-order valence-corrected chi connectivity index (χ3v) is 5.51. The molecule has 0 aromatic heterocycles. The first-order valence-electron chi connectivity index (χ1n) is 9.41. The number of rotatable bonds is 6. The number of aliphatic imine (C=N–C) groups is 1. The van der Waals surface area contributed by atoms with Gasteiger partial charge in [-0.25, -0.2) is 4.39 Å². The number of ether oxygens (including phenoxy) is 1. The topological polar surface area (TPSA) is 21.6 Å². The average Bonchev–Trinajstić information content (AvgIpc) is 2.69. The lowest BCUT2D eigenvalue weighted by Crippen LogP contribution is -2.20. The van der Waals surface area contributed by atoms with E-state index in [-0.39, 0.29) is 16.8 Å². The Kier molecular flexibility index (Phi) is 7.14. The third kappa shape index (κ3) is 5.03. The molecule has 1 heterocycles. The number of benzene rings is 2. The minimum absolute atomic E-state index is 0.0280. The fraction of sp³-hybridized carbons (Fsp3) is 0.409. The van der Waals surface area contributed by atoms with Crippen molar-refractivity contribution in [3.05, 3.63) is 52.8 Å². The molecule has 2 unspecified atom stereocenters. The van der Waals surface area contributed by atoms with Gasteiger partial charge in [-0.2, -0.15) is 4.99 Å². The van der Waals surface area contributed by atoms with Gasteiger partial charge < -0.3 is 4.74 Å². The molecule has 0 aliphatic carbocycles. The van der Waals surface area contributed by atoms with Crippen molar-refractivity contribution in [2.75, 3.05) is 6.61 Å². The van der Waals surface area contributed by atoms with Crippen LogP contribution < -0.4 is 0 Å². The van der Waals surface area contributed by atoms with Crippen molar-refractivity contribution in [1.29, 1.82) is 0 Å². The van der Waals surface area contributed by atoms with Crippen LogP contribution in [0.15, 0.2) is 41.4 Å². The van der Waals surface area contributed by atoms with Gasteiger partial charge in [-0.1, -0.05) is 55.6 Å². The van der Waals surface area contributed by atoms with E-state index in [1.807, 2.05) is 12.1 Å². The Bertz CT molecular complexity index is 802. The Morgan fingerprint density at radius 2 is 2.00 bits per heavy atom. The summed E-state index contributed by atoms with van der Waals surface area (Å²) in [6.07, 6.45) is 6.20. The molecule has 142 valence electrons. The van der Waals surface area contributed by atoms with Crippen LogP contribution in [0.4, 0.5) is 10.1 Å². The minimum Gasteiger partial charge on any atom is -0.373 e. The van der Waals surface area contributed by atoms with Crippen LogP contribution in [-0.2, 0) is 4.74 Å². The predicted molar refractivity (Wildman–Crippen MR) is 112 cm³/mol. The van der Waals surface area contributed by atoms with Crippen molar-refractivity contribution in [3.63, 3.8) is 0 Å². The highest BCUT2D eigenvalue weighted by molar-refractivity contribution is 7.78. The Hall–Kier alpha value is -1.58. The van der Waals surface area contributed by atoms with E-state index in [1.165, 1.54) is 37.3 Å².